The van der Waals surface area contributed by atoms with Crippen LogP contribution in [0.3, 0.4) is 0 Å². The van der Waals surface area contributed by atoms with Crippen molar-refractivity contribution in [3.8, 4) is 0 Å². The number of aromatic nitrogens is 3. The number of benzene rings is 1. The molecule has 1 atom stereocenters. The average Bonchev–Trinajstić information content (AvgIpc) is 2.48. The van der Waals surface area contributed by atoms with E-state index in [1.165, 1.54) is 6.92 Å². The number of rotatable bonds is 5. The number of esters is 1. The summed E-state index contributed by atoms with van der Waals surface area (Å²) in [5, 5.41) is 8.16. The van der Waals surface area contributed by atoms with Crippen LogP contribution in [0.15, 0.2) is 39.9 Å². The van der Waals surface area contributed by atoms with Gasteiger partial charge in [-0.05, 0) is 12.5 Å². The number of H-pyrrole nitrogens is 2. The summed E-state index contributed by atoms with van der Waals surface area (Å²) < 4.78 is 5.11. The van der Waals surface area contributed by atoms with Crippen LogP contribution in [0.5, 0.6) is 0 Å². The Morgan fingerprint density at radius 2 is 2.05 bits per heavy atom. The molecule has 8 heteroatoms. The van der Waals surface area contributed by atoms with Crippen molar-refractivity contribution >= 4 is 11.8 Å². The summed E-state index contributed by atoms with van der Waals surface area (Å²) in [7, 11) is 0. The third-order valence-corrected chi connectivity index (χ3v) is 2.64. The van der Waals surface area contributed by atoms with E-state index in [-0.39, 0.29) is 12.4 Å². The highest BCUT2D eigenvalue weighted by molar-refractivity contribution is 5.78. The number of anilines is 1. The molecule has 0 aliphatic carbocycles. The number of ether oxygens (including phenoxy) is 1. The molecule has 0 radical (unpaired) electrons. The lowest BCUT2D eigenvalue weighted by Crippen LogP contribution is -2.34. The summed E-state index contributed by atoms with van der Waals surface area (Å²) in [6, 6.07) is 8.43. The molecule has 0 saturated carbocycles. The fourth-order valence-corrected chi connectivity index (χ4v) is 1.56. The zero-order valence-corrected chi connectivity index (χ0v) is 11.3. The fourth-order valence-electron chi connectivity index (χ4n) is 1.56. The van der Waals surface area contributed by atoms with Crippen LogP contribution >= 0.6 is 0 Å². The summed E-state index contributed by atoms with van der Waals surface area (Å²) >= 11 is 0. The van der Waals surface area contributed by atoms with Gasteiger partial charge in [0.15, 0.2) is 0 Å². The van der Waals surface area contributed by atoms with E-state index < -0.39 is 23.3 Å². The first-order chi connectivity index (χ1) is 10.1. The van der Waals surface area contributed by atoms with Gasteiger partial charge in [-0.3, -0.25) is 9.78 Å². The van der Waals surface area contributed by atoms with Gasteiger partial charge in [0.05, 0.1) is 0 Å². The molecule has 21 heavy (non-hydrogen) atoms. The Hall–Kier alpha value is -2.90. The minimum absolute atomic E-state index is 0.140. The average molecular weight is 290 g/mol. The van der Waals surface area contributed by atoms with Crippen molar-refractivity contribution in [2.75, 3.05) is 5.32 Å². The molecule has 0 spiro atoms. The summed E-state index contributed by atoms with van der Waals surface area (Å²) in [6.45, 7) is 1.67. The van der Waals surface area contributed by atoms with E-state index >= 15 is 0 Å². The number of carbonyl (C=O) groups excluding carboxylic acids is 1. The zero-order valence-electron chi connectivity index (χ0n) is 11.3. The minimum atomic E-state index is -0.784. The third kappa shape index (κ3) is 4.03. The summed E-state index contributed by atoms with van der Waals surface area (Å²) in [4.78, 5) is 36.1. The van der Waals surface area contributed by atoms with Crippen LogP contribution in [0.2, 0.25) is 0 Å². The fraction of sp³-hybridized carbons (Fsp3) is 0.231. The minimum Gasteiger partial charge on any atom is -0.459 e. The molecule has 1 heterocycles. The molecule has 0 unspecified atom stereocenters. The van der Waals surface area contributed by atoms with Gasteiger partial charge in [-0.1, -0.05) is 30.3 Å². The highest BCUT2D eigenvalue weighted by atomic mass is 16.5. The maximum atomic E-state index is 11.8. The predicted molar refractivity (Wildman–Crippen MR) is 74.8 cm³/mol. The van der Waals surface area contributed by atoms with Crippen molar-refractivity contribution in [2.24, 2.45) is 0 Å². The van der Waals surface area contributed by atoms with E-state index in [1.807, 2.05) is 35.3 Å². The number of aromatic amines is 2. The molecule has 3 N–H and O–H groups in total. The van der Waals surface area contributed by atoms with Crippen molar-refractivity contribution in [3.63, 3.8) is 0 Å². The summed E-state index contributed by atoms with van der Waals surface area (Å²) in [6.07, 6.45) is 0. The first-order valence-corrected chi connectivity index (χ1v) is 6.22. The molecular weight excluding hydrogens is 276 g/mol. The number of nitrogens with zero attached hydrogens (tertiary/aromatic N) is 1. The number of hydrogen-bond donors (Lipinski definition) is 3. The Morgan fingerprint density at radius 1 is 1.33 bits per heavy atom. The van der Waals surface area contributed by atoms with Gasteiger partial charge in [0.1, 0.15) is 12.6 Å². The molecule has 1 aromatic carbocycles. The number of nitrogens with one attached hydrogen (secondary N) is 3. The molecule has 0 fully saturated rings. The molecule has 0 aliphatic rings. The van der Waals surface area contributed by atoms with Crippen molar-refractivity contribution < 1.29 is 9.53 Å². The maximum Gasteiger partial charge on any atom is 0.342 e. The number of hydrogen-bond acceptors (Lipinski definition) is 6. The van der Waals surface area contributed by atoms with Crippen LogP contribution in [-0.4, -0.2) is 27.2 Å². The van der Waals surface area contributed by atoms with E-state index in [0.29, 0.717) is 0 Å². The lowest BCUT2D eigenvalue weighted by atomic mass is 10.2. The SMILES string of the molecule is C[C@H](Nc1n[nH]c(=O)[nH]c1=O)C(=O)OCc1ccccc1. The second-order valence-corrected chi connectivity index (χ2v) is 4.31. The van der Waals surface area contributed by atoms with Gasteiger partial charge < -0.3 is 10.1 Å². The number of carbonyl (C=O) groups is 1. The van der Waals surface area contributed by atoms with Crippen molar-refractivity contribution in [1.29, 1.82) is 0 Å². The summed E-state index contributed by atoms with van der Waals surface area (Å²) in [5.41, 5.74) is -0.565. The van der Waals surface area contributed by atoms with Gasteiger partial charge in [0, 0.05) is 0 Å². The lowest BCUT2D eigenvalue weighted by molar-refractivity contribution is -0.145. The van der Waals surface area contributed by atoms with Crippen LogP contribution in [0.25, 0.3) is 0 Å². The van der Waals surface area contributed by atoms with Gasteiger partial charge in [-0.2, -0.15) is 0 Å². The molecule has 0 saturated heterocycles. The van der Waals surface area contributed by atoms with E-state index in [0.717, 1.165) is 5.56 Å². The molecule has 0 aliphatic heterocycles. The Kier molecular flexibility index (Phi) is 4.50. The van der Waals surface area contributed by atoms with Crippen molar-refractivity contribution in [3.05, 3.63) is 56.7 Å². The van der Waals surface area contributed by atoms with Crippen molar-refractivity contribution in [1.82, 2.24) is 15.2 Å². The molecule has 2 rings (SSSR count). The molecule has 0 bridgehead atoms. The van der Waals surface area contributed by atoms with Gasteiger partial charge in [-0.25, -0.2) is 14.7 Å². The highest BCUT2D eigenvalue weighted by Crippen LogP contribution is 2.03. The summed E-state index contributed by atoms with van der Waals surface area (Å²) in [5.74, 6) is -0.690. The first-order valence-electron chi connectivity index (χ1n) is 6.22. The second-order valence-electron chi connectivity index (χ2n) is 4.31. The quantitative estimate of drug-likeness (QED) is 0.667. The van der Waals surface area contributed by atoms with Crippen LogP contribution in [-0.2, 0) is 16.1 Å². The smallest absolute Gasteiger partial charge is 0.342 e. The van der Waals surface area contributed by atoms with E-state index in [9.17, 15) is 14.4 Å². The topological polar surface area (TPSA) is 117 Å². The van der Waals surface area contributed by atoms with Crippen LogP contribution in [0.4, 0.5) is 5.82 Å². The van der Waals surface area contributed by atoms with Crippen LogP contribution < -0.4 is 16.6 Å². The van der Waals surface area contributed by atoms with Gasteiger partial charge in [-0.15, -0.1) is 5.10 Å². The molecule has 0 amide bonds. The van der Waals surface area contributed by atoms with E-state index in [1.54, 1.807) is 0 Å². The van der Waals surface area contributed by atoms with Crippen LogP contribution in [0, 0.1) is 0 Å². The predicted octanol–water partition coefficient (Wildman–Crippen LogP) is 0.00200. The van der Waals surface area contributed by atoms with Gasteiger partial charge in [0.25, 0.3) is 5.56 Å². The first kappa shape index (κ1) is 14.5. The van der Waals surface area contributed by atoms with Crippen molar-refractivity contribution in [2.45, 2.75) is 19.6 Å². The Morgan fingerprint density at radius 3 is 2.71 bits per heavy atom. The third-order valence-electron chi connectivity index (χ3n) is 2.64. The Labute approximate surface area is 119 Å². The second kappa shape index (κ2) is 6.51. The van der Waals surface area contributed by atoms with Gasteiger partial charge in [0.2, 0.25) is 5.82 Å². The molecule has 2 aromatic rings. The molecule has 8 nitrogen and oxygen atoms in total. The van der Waals surface area contributed by atoms with E-state index in [4.69, 9.17) is 4.74 Å². The largest absolute Gasteiger partial charge is 0.459 e. The molecule has 1 aromatic heterocycles. The Balaban J connectivity index is 1.93. The maximum absolute atomic E-state index is 11.8. The standard InChI is InChI=1S/C13H14N4O4/c1-8(14-10-11(18)15-13(20)17-16-10)12(19)21-7-9-5-3-2-4-6-9/h2-6,8H,7H2,1H3,(H,14,16)(H2,15,17,18,20)/t8-/m0/s1. The normalized spacial score (nSPS) is 11.7. The lowest BCUT2D eigenvalue weighted by Gasteiger charge is -2.12. The zero-order chi connectivity index (χ0) is 15.2. The van der Waals surface area contributed by atoms with Gasteiger partial charge >= 0.3 is 11.7 Å². The Bertz CT molecular complexity index is 723. The monoisotopic (exact) mass is 290 g/mol. The highest BCUT2D eigenvalue weighted by Gasteiger charge is 2.16. The van der Waals surface area contributed by atoms with Crippen LogP contribution in [0.1, 0.15) is 12.5 Å². The molecule has 110 valence electrons. The molecular formula is C13H14N4O4. The van der Waals surface area contributed by atoms with E-state index in [2.05, 4.69) is 15.5 Å².